The summed E-state index contributed by atoms with van der Waals surface area (Å²) in [5.41, 5.74) is 20.7. The Labute approximate surface area is 356 Å². The minimum atomic E-state index is -0.316. The predicted octanol–water partition coefficient (Wildman–Crippen LogP) is 15.3. The topological polar surface area (TPSA) is 25.8 Å². The third-order valence-corrected chi connectivity index (χ3v) is 15.0. The molecule has 0 unspecified atom stereocenters. The van der Waals surface area contributed by atoms with Crippen LogP contribution in [0.3, 0.4) is 0 Å². The average Bonchev–Trinajstić information content (AvgIpc) is 3.76. The Morgan fingerprint density at radius 1 is 0.311 bits per heavy atom. The fourth-order valence-electron chi connectivity index (χ4n) is 12.4. The monoisotopic (exact) mass is 780 g/mol. The Morgan fingerprint density at radius 3 is 1.18 bits per heavy atom. The van der Waals surface area contributed by atoms with Crippen LogP contribution in [-0.4, -0.2) is 9.97 Å². The Hall–Kier alpha value is -6.90. The van der Waals surface area contributed by atoms with Crippen molar-refractivity contribution in [3.05, 3.63) is 191 Å². The fourth-order valence-corrected chi connectivity index (χ4v) is 12.4. The molecule has 2 aromatic heterocycles. The molecular weight excluding hydrogens is 737 g/mol. The summed E-state index contributed by atoms with van der Waals surface area (Å²) in [5.74, 6) is 0. The van der Waals surface area contributed by atoms with Crippen LogP contribution < -0.4 is 0 Å². The standard InChI is InChI=1S/C59H44N2/c1-57(2)44-25-15-14-24-40(44)50-52(57)49-39-23-13-16-26-45(39)58(3,4)53(49)51-43-31-41-42(32-46(43)59(5,6)54(50)51)48(56-36-20-10-8-18-34(36)28-30-61-56)38-22-12-11-21-37(38)47(41)55-35-19-9-7-17-33(35)27-29-60-55/h7-32H,1-6H3. The maximum Gasteiger partial charge on any atom is 0.0792 e. The number of hydrogen-bond acceptors (Lipinski definition) is 2. The molecule has 0 spiro atoms. The lowest BCUT2D eigenvalue weighted by molar-refractivity contribution is 0.636. The molecule has 3 aliphatic carbocycles. The smallest absolute Gasteiger partial charge is 0.0792 e. The van der Waals surface area contributed by atoms with Gasteiger partial charge in [0, 0.05) is 50.5 Å². The molecule has 8 aromatic carbocycles. The number of pyridine rings is 2. The minimum absolute atomic E-state index is 0.174. The highest BCUT2D eigenvalue weighted by molar-refractivity contribution is 6.25. The van der Waals surface area contributed by atoms with Gasteiger partial charge in [0.1, 0.15) is 0 Å². The lowest BCUT2D eigenvalue weighted by atomic mass is 9.71. The van der Waals surface area contributed by atoms with E-state index in [1.807, 2.05) is 12.4 Å². The molecule has 0 saturated carbocycles. The van der Waals surface area contributed by atoms with E-state index in [4.69, 9.17) is 9.97 Å². The zero-order valence-corrected chi connectivity index (χ0v) is 35.4. The van der Waals surface area contributed by atoms with E-state index in [1.165, 1.54) is 110 Å². The van der Waals surface area contributed by atoms with Gasteiger partial charge >= 0.3 is 0 Å². The second-order valence-electron chi connectivity index (χ2n) is 19.2. The van der Waals surface area contributed by atoms with Gasteiger partial charge in [0.25, 0.3) is 0 Å². The summed E-state index contributed by atoms with van der Waals surface area (Å²) in [6.45, 7) is 14.8. The predicted molar refractivity (Wildman–Crippen MR) is 256 cm³/mol. The molecule has 290 valence electrons. The first-order valence-corrected chi connectivity index (χ1v) is 21.7. The van der Waals surface area contributed by atoms with Gasteiger partial charge in [0.05, 0.1) is 11.4 Å². The van der Waals surface area contributed by atoms with Crippen LogP contribution in [0.25, 0.3) is 99.0 Å². The SMILES string of the molecule is CC1(C)c2ccccc2-c2c1c1c(c3c2C(C)(C)c2cc4c(-c5nccc6ccccc56)c5ccccc5c(-c5nccc6ccccc56)c4cc2-3)C(C)(C)c2ccccc2-1. The van der Waals surface area contributed by atoms with Gasteiger partial charge in [0.2, 0.25) is 0 Å². The summed E-state index contributed by atoms with van der Waals surface area (Å²) in [6.07, 6.45) is 3.97. The molecule has 0 bridgehead atoms. The van der Waals surface area contributed by atoms with E-state index in [9.17, 15) is 0 Å². The molecule has 61 heavy (non-hydrogen) atoms. The van der Waals surface area contributed by atoms with Crippen LogP contribution in [0, 0.1) is 0 Å². The Balaban J connectivity index is 1.26. The molecule has 13 rings (SSSR count). The van der Waals surface area contributed by atoms with Gasteiger partial charge in [-0.15, -0.1) is 0 Å². The van der Waals surface area contributed by atoms with Crippen LogP contribution in [-0.2, 0) is 16.2 Å². The lowest BCUT2D eigenvalue weighted by Gasteiger charge is -2.31. The molecular formula is C59H44N2. The average molecular weight is 781 g/mol. The quantitative estimate of drug-likeness (QED) is 0.163. The highest BCUT2D eigenvalue weighted by atomic mass is 14.7. The van der Waals surface area contributed by atoms with E-state index in [2.05, 4.69) is 187 Å². The van der Waals surface area contributed by atoms with E-state index >= 15 is 0 Å². The fraction of sp³-hybridized carbons (Fsp3) is 0.153. The number of rotatable bonds is 2. The van der Waals surface area contributed by atoms with Crippen molar-refractivity contribution in [2.75, 3.05) is 0 Å². The highest BCUT2D eigenvalue weighted by Crippen LogP contribution is 2.68. The summed E-state index contributed by atoms with van der Waals surface area (Å²) in [4.78, 5) is 10.5. The van der Waals surface area contributed by atoms with E-state index in [1.54, 1.807) is 0 Å². The van der Waals surface area contributed by atoms with E-state index < -0.39 is 0 Å². The van der Waals surface area contributed by atoms with E-state index in [0.717, 1.165) is 22.2 Å². The summed E-state index contributed by atoms with van der Waals surface area (Å²) in [6, 6.07) is 54.3. The normalized spacial score (nSPS) is 15.8. The minimum Gasteiger partial charge on any atom is -0.256 e. The molecule has 0 amide bonds. The zero-order chi connectivity index (χ0) is 41.2. The molecule has 2 heteroatoms. The molecule has 0 N–H and O–H groups in total. The van der Waals surface area contributed by atoms with Crippen LogP contribution >= 0.6 is 0 Å². The molecule has 0 saturated heterocycles. The van der Waals surface area contributed by atoms with Gasteiger partial charge in [-0.3, -0.25) is 9.97 Å². The van der Waals surface area contributed by atoms with Gasteiger partial charge in [-0.1, -0.05) is 163 Å². The van der Waals surface area contributed by atoms with Crippen molar-refractivity contribution >= 4 is 43.1 Å². The number of nitrogens with zero attached hydrogens (tertiary/aromatic N) is 2. The molecule has 0 aliphatic heterocycles. The molecule has 2 nitrogen and oxygen atoms in total. The summed E-state index contributed by atoms with van der Waals surface area (Å²) in [5, 5.41) is 9.47. The second kappa shape index (κ2) is 11.7. The Bertz CT molecular complexity index is 3610. The highest BCUT2D eigenvalue weighted by Gasteiger charge is 2.52. The maximum atomic E-state index is 5.28. The number of aromatic nitrogens is 2. The third-order valence-electron chi connectivity index (χ3n) is 15.0. The van der Waals surface area contributed by atoms with Crippen molar-refractivity contribution in [3.63, 3.8) is 0 Å². The largest absolute Gasteiger partial charge is 0.256 e. The third kappa shape index (κ3) is 4.27. The van der Waals surface area contributed by atoms with Crippen LogP contribution in [0.1, 0.15) is 74.9 Å². The van der Waals surface area contributed by atoms with Crippen molar-refractivity contribution in [2.24, 2.45) is 0 Å². The van der Waals surface area contributed by atoms with E-state index in [0.29, 0.717) is 0 Å². The second-order valence-corrected chi connectivity index (χ2v) is 19.2. The zero-order valence-electron chi connectivity index (χ0n) is 35.4. The Morgan fingerprint density at radius 2 is 0.689 bits per heavy atom. The summed E-state index contributed by atoms with van der Waals surface area (Å²) >= 11 is 0. The van der Waals surface area contributed by atoms with Crippen LogP contribution in [0.15, 0.2) is 158 Å². The molecule has 10 aromatic rings. The van der Waals surface area contributed by atoms with Gasteiger partial charge in [-0.2, -0.15) is 0 Å². The first kappa shape index (κ1) is 34.9. The van der Waals surface area contributed by atoms with Crippen molar-refractivity contribution in [2.45, 2.75) is 57.8 Å². The lowest BCUT2D eigenvalue weighted by Crippen LogP contribution is -2.22. The van der Waals surface area contributed by atoms with Crippen molar-refractivity contribution < 1.29 is 0 Å². The number of benzene rings is 8. The van der Waals surface area contributed by atoms with E-state index in [-0.39, 0.29) is 16.2 Å². The molecule has 3 aliphatic rings. The number of fused-ring (bicyclic) bond motifs is 16. The summed E-state index contributed by atoms with van der Waals surface area (Å²) < 4.78 is 0. The Kier molecular flexibility index (Phi) is 6.68. The van der Waals surface area contributed by atoms with Gasteiger partial charge in [-0.25, -0.2) is 0 Å². The van der Waals surface area contributed by atoms with Crippen molar-refractivity contribution in [1.82, 2.24) is 9.97 Å². The van der Waals surface area contributed by atoms with Crippen LogP contribution in [0.2, 0.25) is 0 Å². The van der Waals surface area contributed by atoms with Crippen LogP contribution in [0.5, 0.6) is 0 Å². The van der Waals surface area contributed by atoms with Gasteiger partial charge < -0.3 is 0 Å². The van der Waals surface area contributed by atoms with Crippen LogP contribution in [0.4, 0.5) is 0 Å². The molecule has 0 fully saturated rings. The van der Waals surface area contributed by atoms with Crippen molar-refractivity contribution in [3.8, 4) is 55.9 Å². The van der Waals surface area contributed by atoms with Gasteiger partial charge in [-0.05, 0) is 123 Å². The molecule has 0 atom stereocenters. The number of hydrogen-bond donors (Lipinski definition) is 0. The summed E-state index contributed by atoms with van der Waals surface area (Å²) in [7, 11) is 0. The molecule has 2 heterocycles. The maximum absolute atomic E-state index is 5.28. The molecule has 0 radical (unpaired) electrons. The van der Waals surface area contributed by atoms with Crippen molar-refractivity contribution in [1.29, 1.82) is 0 Å². The first-order valence-electron chi connectivity index (χ1n) is 21.7. The first-order chi connectivity index (χ1) is 29.6. The van der Waals surface area contributed by atoms with Gasteiger partial charge in [0.15, 0.2) is 0 Å².